The number of carbonyl (C=O) groups is 2. The zero-order valence-electron chi connectivity index (χ0n) is 13.6. The van der Waals surface area contributed by atoms with Gasteiger partial charge in [0.2, 0.25) is 5.91 Å². The van der Waals surface area contributed by atoms with Gasteiger partial charge in [0.1, 0.15) is 0 Å². The fraction of sp³-hybridized carbons (Fsp3) is 0.167. The zero-order valence-corrected chi connectivity index (χ0v) is 16.0. The zero-order chi connectivity index (χ0) is 18.1. The summed E-state index contributed by atoms with van der Waals surface area (Å²) in [5.74, 6) is 0.506. The van der Waals surface area contributed by atoms with Gasteiger partial charge in [0, 0.05) is 10.2 Å². The van der Waals surface area contributed by atoms with E-state index in [4.69, 9.17) is 0 Å². The molecule has 2 aromatic carbocycles. The molecule has 0 atom stereocenters. The van der Waals surface area contributed by atoms with Crippen LogP contribution in [0.1, 0.15) is 21.5 Å². The molecule has 0 bridgehead atoms. The number of rotatable bonds is 7. The number of nitrogens with one attached hydrogen (secondary N) is 1. The number of thioether (sulfide) groups is 1. The van der Waals surface area contributed by atoms with E-state index in [0.717, 1.165) is 21.4 Å². The summed E-state index contributed by atoms with van der Waals surface area (Å²) in [6, 6.07) is 14.7. The number of esters is 1. The lowest BCUT2D eigenvalue weighted by atomic mass is 10.1. The lowest BCUT2D eigenvalue weighted by Gasteiger charge is -2.03. The molecule has 0 aliphatic carbocycles. The van der Waals surface area contributed by atoms with Crippen LogP contribution >= 0.6 is 27.7 Å². The minimum absolute atomic E-state index is 0.167. The Morgan fingerprint density at radius 3 is 2.60 bits per heavy atom. The lowest BCUT2D eigenvalue weighted by Crippen LogP contribution is -2.19. The van der Waals surface area contributed by atoms with Crippen molar-refractivity contribution in [1.82, 2.24) is 5.43 Å². The van der Waals surface area contributed by atoms with E-state index in [9.17, 15) is 9.59 Å². The minimum Gasteiger partial charge on any atom is -0.465 e. The molecule has 5 nitrogen and oxygen atoms in total. The summed E-state index contributed by atoms with van der Waals surface area (Å²) in [5, 5.41) is 3.92. The van der Waals surface area contributed by atoms with Gasteiger partial charge in [-0.25, -0.2) is 10.2 Å². The number of halogens is 1. The molecule has 0 heterocycles. The number of benzene rings is 2. The van der Waals surface area contributed by atoms with Gasteiger partial charge in [0.25, 0.3) is 0 Å². The molecule has 1 amide bonds. The van der Waals surface area contributed by atoms with Crippen molar-refractivity contribution in [2.75, 3.05) is 12.9 Å². The molecule has 2 aromatic rings. The average molecular weight is 421 g/mol. The van der Waals surface area contributed by atoms with Crippen LogP contribution in [-0.4, -0.2) is 31.0 Å². The van der Waals surface area contributed by atoms with Crippen molar-refractivity contribution in [2.45, 2.75) is 5.75 Å². The number of ether oxygens (including phenoxy) is 1. The lowest BCUT2D eigenvalue weighted by molar-refractivity contribution is -0.118. The maximum Gasteiger partial charge on any atom is 0.337 e. The Hall–Kier alpha value is -2.12. The second-order valence-corrected chi connectivity index (χ2v) is 6.83. The second kappa shape index (κ2) is 10.0. The highest BCUT2D eigenvalue weighted by Gasteiger charge is 2.04. The highest BCUT2D eigenvalue weighted by Crippen LogP contribution is 2.21. The Bertz CT molecular complexity index is 763. The van der Waals surface area contributed by atoms with Gasteiger partial charge in [-0.2, -0.15) is 5.10 Å². The van der Waals surface area contributed by atoms with Crippen LogP contribution < -0.4 is 5.43 Å². The van der Waals surface area contributed by atoms with Crippen LogP contribution in [0.2, 0.25) is 0 Å². The molecule has 2 rings (SSSR count). The molecule has 1 N–H and O–H groups in total. The Labute approximate surface area is 159 Å². The van der Waals surface area contributed by atoms with E-state index >= 15 is 0 Å². The van der Waals surface area contributed by atoms with Gasteiger partial charge >= 0.3 is 5.97 Å². The summed E-state index contributed by atoms with van der Waals surface area (Å²) in [4.78, 5) is 23.1. The summed E-state index contributed by atoms with van der Waals surface area (Å²) in [7, 11) is 1.34. The normalized spacial score (nSPS) is 10.6. The van der Waals surface area contributed by atoms with Gasteiger partial charge in [-0.1, -0.05) is 46.3 Å². The topological polar surface area (TPSA) is 67.8 Å². The van der Waals surface area contributed by atoms with Crippen molar-refractivity contribution in [3.05, 3.63) is 69.7 Å². The molecular weight excluding hydrogens is 404 g/mol. The van der Waals surface area contributed by atoms with Gasteiger partial charge < -0.3 is 4.74 Å². The third-order valence-electron chi connectivity index (χ3n) is 3.18. The first-order valence-corrected chi connectivity index (χ1v) is 9.36. The highest BCUT2D eigenvalue weighted by molar-refractivity contribution is 9.10. The standard InChI is InChI=1S/C18H17BrN2O3S/c1-24-18(23)14-8-6-13(7-9-14)10-20-21-17(22)12-25-11-15-4-2-3-5-16(15)19/h2-10H,11-12H2,1H3,(H,21,22)/b20-10-. The van der Waals surface area contributed by atoms with Crippen LogP contribution in [0.4, 0.5) is 0 Å². The first-order chi connectivity index (χ1) is 12.1. The Morgan fingerprint density at radius 1 is 1.20 bits per heavy atom. The Balaban J connectivity index is 1.75. The number of hydrogen-bond donors (Lipinski definition) is 1. The number of hydrogen-bond acceptors (Lipinski definition) is 5. The summed E-state index contributed by atoms with van der Waals surface area (Å²) in [6.45, 7) is 0. The maximum atomic E-state index is 11.8. The molecule has 0 saturated heterocycles. The Morgan fingerprint density at radius 2 is 1.92 bits per heavy atom. The van der Waals surface area contributed by atoms with Crippen LogP contribution in [0.15, 0.2) is 58.1 Å². The van der Waals surface area contributed by atoms with Crippen LogP contribution in [0.3, 0.4) is 0 Å². The van der Waals surface area contributed by atoms with E-state index in [0.29, 0.717) is 11.3 Å². The first kappa shape index (κ1) is 19.2. The number of methoxy groups -OCH3 is 1. The van der Waals surface area contributed by atoms with E-state index in [1.807, 2.05) is 24.3 Å². The van der Waals surface area contributed by atoms with E-state index < -0.39 is 0 Å². The maximum absolute atomic E-state index is 11.8. The molecular formula is C18H17BrN2O3S. The van der Waals surface area contributed by atoms with Crippen LogP contribution in [0.5, 0.6) is 0 Å². The monoisotopic (exact) mass is 420 g/mol. The first-order valence-electron chi connectivity index (χ1n) is 7.41. The number of amides is 1. The van der Waals surface area contributed by atoms with E-state index in [2.05, 4.69) is 31.2 Å². The van der Waals surface area contributed by atoms with E-state index in [1.54, 1.807) is 24.3 Å². The molecule has 7 heteroatoms. The van der Waals surface area contributed by atoms with Gasteiger partial charge in [-0.05, 0) is 29.3 Å². The summed E-state index contributed by atoms with van der Waals surface area (Å²) >= 11 is 5.00. The summed E-state index contributed by atoms with van der Waals surface area (Å²) < 4.78 is 5.67. The average Bonchev–Trinajstić information content (AvgIpc) is 2.63. The predicted molar refractivity (Wildman–Crippen MR) is 104 cm³/mol. The van der Waals surface area contributed by atoms with Gasteiger partial charge in [0.15, 0.2) is 0 Å². The van der Waals surface area contributed by atoms with Gasteiger partial charge in [-0.3, -0.25) is 4.79 Å². The smallest absolute Gasteiger partial charge is 0.337 e. The summed E-state index contributed by atoms with van der Waals surface area (Å²) in [6.07, 6.45) is 1.53. The molecule has 0 spiro atoms. The SMILES string of the molecule is COC(=O)c1ccc(/C=N\NC(=O)CSCc2ccccc2Br)cc1. The van der Waals surface area contributed by atoms with Gasteiger partial charge in [0.05, 0.1) is 24.6 Å². The second-order valence-electron chi connectivity index (χ2n) is 4.99. The summed E-state index contributed by atoms with van der Waals surface area (Å²) in [5.41, 5.74) is 4.87. The highest BCUT2D eigenvalue weighted by atomic mass is 79.9. The third kappa shape index (κ3) is 6.36. The molecule has 0 fully saturated rings. The number of nitrogens with zero attached hydrogens (tertiary/aromatic N) is 1. The largest absolute Gasteiger partial charge is 0.465 e. The fourth-order valence-corrected chi connectivity index (χ4v) is 3.34. The van der Waals surface area contributed by atoms with Crippen LogP contribution in [0.25, 0.3) is 0 Å². The fourth-order valence-electron chi connectivity index (χ4n) is 1.90. The Kier molecular flexibility index (Phi) is 7.69. The van der Waals surface area contributed by atoms with Crippen molar-refractivity contribution in [2.24, 2.45) is 5.10 Å². The molecule has 0 radical (unpaired) electrons. The van der Waals surface area contributed by atoms with Crippen molar-refractivity contribution in [1.29, 1.82) is 0 Å². The molecule has 0 aromatic heterocycles. The molecule has 25 heavy (non-hydrogen) atoms. The van der Waals surface area contributed by atoms with Crippen LogP contribution in [-0.2, 0) is 15.3 Å². The van der Waals surface area contributed by atoms with Crippen molar-refractivity contribution in [3.8, 4) is 0 Å². The van der Waals surface area contributed by atoms with Crippen molar-refractivity contribution >= 4 is 45.8 Å². The number of hydrazone groups is 1. The van der Waals surface area contributed by atoms with Crippen molar-refractivity contribution < 1.29 is 14.3 Å². The minimum atomic E-state index is -0.390. The molecule has 130 valence electrons. The molecule has 0 saturated carbocycles. The van der Waals surface area contributed by atoms with Crippen LogP contribution in [0, 0.1) is 0 Å². The quantitative estimate of drug-likeness (QED) is 0.421. The predicted octanol–water partition coefficient (Wildman–Crippen LogP) is 3.62. The van der Waals surface area contributed by atoms with E-state index in [-0.39, 0.29) is 11.9 Å². The van der Waals surface area contributed by atoms with Gasteiger partial charge in [-0.15, -0.1) is 11.8 Å². The molecule has 0 unspecified atom stereocenters. The third-order valence-corrected chi connectivity index (χ3v) is 4.94. The van der Waals surface area contributed by atoms with Crippen molar-refractivity contribution in [3.63, 3.8) is 0 Å². The number of carbonyl (C=O) groups excluding carboxylic acids is 2. The van der Waals surface area contributed by atoms with E-state index in [1.165, 1.54) is 25.1 Å². The molecule has 0 aliphatic rings. The molecule has 0 aliphatic heterocycles.